The highest BCUT2D eigenvalue weighted by Gasteiger charge is 2.24. The van der Waals surface area contributed by atoms with Gasteiger partial charge in [-0.1, -0.05) is 133 Å². The minimum atomic E-state index is 0.739. The van der Waals surface area contributed by atoms with Crippen LogP contribution in [0.25, 0.3) is 122 Å². The van der Waals surface area contributed by atoms with Crippen molar-refractivity contribution in [3.05, 3.63) is 206 Å². The van der Waals surface area contributed by atoms with Gasteiger partial charge in [-0.15, -0.1) is 0 Å². The SMILES string of the molecule is c1ccc(-n2c3ccccc3c3cc(-c4ccc5c(c4)c4ccc(-c6cccc(-c7nc8c9c(cccc9n7)-c7ccccc7-8)c6)cc4n5-c4ccccc4)ccc32)cc1. The van der Waals surface area contributed by atoms with E-state index < -0.39 is 0 Å². The average molecular weight is 763 g/mol. The Morgan fingerprint density at radius 1 is 0.300 bits per heavy atom. The lowest BCUT2D eigenvalue weighted by molar-refractivity contribution is 1.18. The van der Waals surface area contributed by atoms with Crippen molar-refractivity contribution in [2.24, 2.45) is 0 Å². The number of aromatic nitrogens is 4. The monoisotopic (exact) mass is 762 g/mol. The van der Waals surface area contributed by atoms with Gasteiger partial charge in [0.25, 0.3) is 0 Å². The topological polar surface area (TPSA) is 35.6 Å². The zero-order valence-corrected chi connectivity index (χ0v) is 32.4. The first kappa shape index (κ1) is 32.9. The van der Waals surface area contributed by atoms with Crippen LogP contribution in [0.2, 0.25) is 0 Å². The normalized spacial score (nSPS) is 12.0. The molecule has 4 heteroatoms. The fourth-order valence-electron chi connectivity index (χ4n) is 9.74. The molecule has 0 atom stereocenters. The van der Waals surface area contributed by atoms with Gasteiger partial charge in [0.15, 0.2) is 5.82 Å². The summed E-state index contributed by atoms with van der Waals surface area (Å²) in [5, 5.41) is 6.08. The van der Waals surface area contributed by atoms with E-state index in [-0.39, 0.29) is 0 Å². The summed E-state index contributed by atoms with van der Waals surface area (Å²) >= 11 is 0. The summed E-state index contributed by atoms with van der Waals surface area (Å²) in [6, 6.07) is 74.5. The lowest BCUT2D eigenvalue weighted by atomic mass is 9.99. The molecule has 0 bridgehead atoms. The third-order valence-electron chi connectivity index (χ3n) is 12.5. The van der Waals surface area contributed by atoms with Crippen LogP contribution in [-0.2, 0) is 0 Å². The first-order valence-electron chi connectivity index (χ1n) is 20.5. The fourth-order valence-corrected chi connectivity index (χ4v) is 9.74. The number of benzene rings is 9. The lowest BCUT2D eigenvalue weighted by Gasteiger charge is -2.10. The van der Waals surface area contributed by atoms with E-state index in [0.29, 0.717) is 0 Å². The molecule has 60 heavy (non-hydrogen) atoms. The van der Waals surface area contributed by atoms with E-state index in [0.717, 1.165) is 50.3 Å². The summed E-state index contributed by atoms with van der Waals surface area (Å²) in [7, 11) is 0. The number of nitrogens with zero attached hydrogens (tertiary/aromatic N) is 4. The molecule has 0 N–H and O–H groups in total. The smallest absolute Gasteiger partial charge is 0.160 e. The second kappa shape index (κ2) is 12.7. The zero-order valence-electron chi connectivity index (χ0n) is 32.4. The molecular formula is C56H34N4. The van der Waals surface area contributed by atoms with Crippen molar-refractivity contribution in [2.75, 3.05) is 0 Å². The van der Waals surface area contributed by atoms with Gasteiger partial charge in [-0.05, 0) is 106 Å². The Bertz CT molecular complexity index is 3710. The molecule has 0 spiro atoms. The van der Waals surface area contributed by atoms with Crippen LogP contribution < -0.4 is 0 Å². The molecule has 13 rings (SSSR count). The van der Waals surface area contributed by atoms with Gasteiger partial charge in [0.2, 0.25) is 0 Å². The number of hydrogen-bond acceptors (Lipinski definition) is 2. The summed E-state index contributed by atoms with van der Waals surface area (Å²) in [4.78, 5) is 10.3. The minimum Gasteiger partial charge on any atom is -0.309 e. The van der Waals surface area contributed by atoms with E-state index in [9.17, 15) is 0 Å². The standard InChI is InChI=1S/C56H34N4/c1-3-15-40(16-4-1)59-50-24-10-9-20-43(50)47-32-36(26-29-51(47)59)37-27-30-52-48(33-37)44-28-25-38(34-53(44)60(52)41-17-5-2-6-18-41)35-13-11-14-39(31-35)56-57-49-23-12-22-45-42-19-7-8-21-46(42)55(58-56)54(45)49/h1-34H. The van der Waals surface area contributed by atoms with E-state index in [1.54, 1.807) is 0 Å². The molecule has 12 aromatic rings. The molecule has 0 amide bonds. The zero-order chi connectivity index (χ0) is 39.3. The van der Waals surface area contributed by atoms with Crippen molar-refractivity contribution < 1.29 is 0 Å². The van der Waals surface area contributed by atoms with Gasteiger partial charge in [-0.25, -0.2) is 9.97 Å². The number of fused-ring (bicyclic) bond motifs is 9. The molecule has 0 saturated carbocycles. The van der Waals surface area contributed by atoms with Crippen LogP contribution in [0.15, 0.2) is 206 Å². The second-order valence-corrected chi connectivity index (χ2v) is 15.8. The van der Waals surface area contributed by atoms with Crippen LogP contribution in [0, 0.1) is 0 Å². The van der Waals surface area contributed by atoms with Crippen LogP contribution in [0.5, 0.6) is 0 Å². The van der Waals surface area contributed by atoms with Gasteiger partial charge in [-0.2, -0.15) is 0 Å². The van der Waals surface area contributed by atoms with Crippen LogP contribution in [0.3, 0.4) is 0 Å². The summed E-state index contributed by atoms with van der Waals surface area (Å²) in [6.45, 7) is 0. The Hall–Kier alpha value is -8.08. The van der Waals surface area contributed by atoms with Gasteiger partial charge in [0.1, 0.15) is 0 Å². The van der Waals surface area contributed by atoms with E-state index in [2.05, 4.69) is 215 Å². The van der Waals surface area contributed by atoms with Gasteiger partial charge in [-0.3, -0.25) is 0 Å². The van der Waals surface area contributed by atoms with Gasteiger partial charge in [0, 0.05) is 49.4 Å². The fraction of sp³-hybridized carbons (Fsp3) is 0. The van der Waals surface area contributed by atoms with E-state index >= 15 is 0 Å². The molecular weight excluding hydrogens is 729 g/mol. The highest BCUT2D eigenvalue weighted by Crippen LogP contribution is 2.46. The first-order valence-corrected chi connectivity index (χ1v) is 20.5. The molecule has 1 aliphatic carbocycles. The van der Waals surface area contributed by atoms with Crippen molar-refractivity contribution in [1.82, 2.24) is 19.1 Å². The van der Waals surface area contributed by atoms with Crippen molar-refractivity contribution in [2.45, 2.75) is 0 Å². The molecule has 0 fully saturated rings. The van der Waals surface area contributed by atoms with E-state index in [4.69, 9.17) is 9.97 Å². The molecule has 1 aliphatic rings. The molecule has 4 nitrogen and oxygen atoms in total. The quantitative estimate of drug-likeness (QED) is 0.175. The van der Waals surface area contributed by atoms with Crippen LogP contribution >= 0.6 is 0 Å². The lowest BCUT2D eigenvalue weighted by Crippen LogP contribution is -1.94. The predicted molar refractivity (Wildman–Crippen MR) is 249 cm³/mol. The highest BCUT2D eigenvalue weighted by molar-refractivity contribution is 6.14. The van der Waals surface area contributed by atoms with Crippen LogP contribution in [-0.4, -0.2) is 19.1 Å². The number of hydrogen-bond donors (Lipinski definition) is 0. The summed E-state index contributed by atoms with van der Waals surface area (Å²) < 4.78 is 4.78. The third kappa shape index (κ3) is 4.85. The first-order chi connectivity index (χ1) is 29.7. The summed E-state index contributed by atoms with van der Waals surface area (Å²) in [5.41, 5.74) is 18.3. The van der Waals surface area contributed by atoms with Crippen molar-refractivity contribution in [1.29, 1.82) is 0 Å². The highest BCUT2D eigenvalue weighted by atomic mass is 15.0. The van der Waals surface area contributed by atoms with E-state index in [1.807, 2.05) is 0 Å². The Morgan fingerprint density at radius 3 is 1.58 bits per heavy atom. The van der Waals surface area contributed by atoms with Gasteiger partial charge in [0.05, 0.1) is 33.3 Å². The summed E-state index contributed by atoms with van der Waals surface area (Å²) in [6.07, 6.45) is 0. The average Bonchev–Trinajstić information content (AvgIpc) is 3.95. The predicted octanol–water partition coefficient (Wildman–Crippen LogP) is 14.5. The maximum absolute atomic E-state index is 5.21. The number of para-hydroxylation sites is 3. The minimum absolute atomic E-state index is 0.739. The Balaban J connectivity index is 0.949. The molecule has 0 unspecified atom stereocenters. The van der Waals surface area contributed by atoms with Gasteiger partial charge < -0.3 is 9.13 Å². The van der Waals surface area contributed by atoms with Crippen molar-refractivity contribution in [3.8, 4) is 67.4 Å². The van der Waals surface area contributed by atoms with Gasteiger partial charge >= 0.3 is 0 Å². The Labute approximate surface area is 345 Å². The Morgan fingerprint density at radius 2 is 0.833 bits per heavy atom. The molecule has 278 valence electrons. The Kier molecular flexibility index (Phi) is 6.98. The van der Waals surface area contributed by atoms with Crippen molar-refractivity contribution in [3.63, 3.8) is 0 Å². The molecule has 3 aromatic heterocycles. The molecule has 3 heterocycles. The maximum Gasteiger partial charge on any atom is 0.160 e. The largest absolute Gasteiger partial charge is 0.309 e. The maximum atomic E-state index is 5.21. The third-order valence-corrected chi connectivity index (χ3v) is 12.5. The molecule has 0 aliphatic heterocycles. The van der Waals surface area contributed by atoms with Crippen LogP contribution in [0.4, 0.5) is 0 Å². The van der Waals surface area contributed by atoms with Crippen molar-refractivity contribution >= 4 is 54.5 Å². The summed E-state index contributed by atoms with van der Waals surface area (Å²) in [5.74, 6) is 0.739. The molecule has 0 saturated heterocycles. The van der Waals surface area contributed by atoms with Crippen LogP contribution in [0.1, 0.15) is 0 Å². The number of rotatable bonds is 5. The second-order valence-electron chi connectivity index (χ2n) is 15.8. The van der Waals surface area contributed by atoms with E-state index in [1.165, 1.54) is 71.6 Å². The molecule has 9 aromatic carbocycles. The molecule has 0 radical (unpaired) electrons.